The Morgan fingerprint density at radius 2 is 1.90 bits per heavy atom. The number of halogens is 1. The Labute approximate surface area is 125 Å². The first kappa shape index (κ1) is 14.7. The zero-order chi connectivity index (χ0) is 14.7. The molecule has 1 aromatic heterocycles. The van der Waals surface area contributed by atoms with E-state index in [0.29, 0.717) is 5.56 Å². The quantitative estimate of drug-likeness (QED) is 0.922. The van der Waals surface area contributed by atoms with E-state index in [2.05, 4.69) is 14.8 Å². The molecule has 0 aliphatic carbocycles. The maximum absolute atomic E-state index is 13.2. The number of pyridine rings is 1. The molecule has 2 saturated heterocycles. The van der Waals surface area contributed by atoms with Crippen LogP contribution in [0.4, 0.5) is 10.2 Å². The molecule has 5 heteroatoms. The van der Waals surface area contributed by atoms with Gasteiger partial charge in [0.1, 0.15) is 11.6 Å². The molecule has 3 rings (SSSR count). The molecule has 0 radical (unpaired) electrons. The molecule has 0 unspecified atom stereocenters. The average Bonchev–Trinajstić information content (AvgIpc) is 3.01. The van der Waals surface area contributed by atoms with Gasteiger partial charge in [-0.25, -0.2) is 9.37 Å². The van der Waals surface area contributed by atoms with Crippen molar-refractivity contribution in [1.29, 1.82) is 0 Å². The molecule has 3 heterocycles. The number of nitrogens with zero attached hydrogens (tertiary/aromatic N) is 3. The van der Waals surface area contributed by atoms with E-state index in [1.54, 1.807) is 0 Å². The van der Waals surface area contributed by atoms with E-state index in [0.717, 1.165) is 37.7 Å². The summed E-state index contributed by atoms with van der Waals surface area (Å²) in [5.74, 6) is 1.13. The van der Waals surface area contributed by atoms with Crippen molar-refractivity contribution >= 4 is 5.82 Å². The molecule has 21 heavy (non-hydrogen) atoms. The lowest BCUT2D eigenvalue weighted by atomic mass is 9.96. The summed E-state index contributed by atoms with van der Waals surface area (Å²) < 4.78 is 13.2. The van der Waals surface area contributed by atoms with Crippen LogP contribution in [0.1, 0.15) is 31.2 Å². The first-order valence-electron chi connectivity index (χ1n) is 7.99. The van der Waals surface area contributed by atoms with Gasteiger partial charge in [0.05, 0.1) is 12.8 Å². The first-order chi connectivity index (χ1) is 10.3. The molecule has 116 valence electrons. The Kier molecular flexibility index (Phi) is 4.70. The summed E-state index contributed by atoms with van der Waals surface area (Å²) in [5.41, 5.74) is 0.591. The van der Waals surface area contributed by atoms with Gasteiger partial charge in [0, 0.05) is 25.2 Å². The number of aliphatic hydroxyl groups is 1. The van der Waals surface area contributed by atoms with E-state index in [4.69, 9.17) is 0 Å². The summed E-state index contributed by atoms with van der Waals surface area (Å²) in [7, 11) is 0. The van der Waals surface area contributed by atoms with Gasteiger partial charge in [0.2, 0.25) is 0 Å². The molecule has 1 aromatic rings. The maximum Gasteiger partial charge on any atom is 0.142 e. The third kappa shape index (κ3) is 3.52. The fourth-order valence-electron chi connectivity index (χ4n) is 3.53. The van der Waals surface area contributed by atoms with Crippen LogP contribution in [0.25, 0.3) is 0 Å². The van der Waals surface area contributed by atoms with Crippen LogP contribution in [0.15, 0.2) is 12.3 Å². The third-order valence-corrected chi connectivity index (χ3v) is 4.71. The molecule has 1 N–H and O–H groups in total. The molecule has 0 spiro atoms. The number of aliphatic hydroxyl groups excluding tert-OH is 1. The Morgan fingerprint density at radius 3 is 2.57 bits per heavy atom. The number of rotatable bonds is 4. The van der Waals surface area contributed by atoms with E-state index >= 15 is 0 Å². The van der Waals surface area contributed by atoms with E-state index < -0.39 is 0 Å². The zero-order valence-corrected chi connectivity index (χ0v) is 12.5. The van der Waals surface area contributed by atoms with Gasteiger partial charge in [0.15, 0.2) is 0 Å². The van der Waals surface area contributed by atoms with Crippen molar-refractivity contribution < 1.29 is 9.50 Å². The fourth-order valence-corrected chi connectivity index (χ4v) is 3.53. The van der Waals surface area contributed by atoms with Gasteiger partial charge in [-0.15, -0.1) is 0 Å². The highest BCUT2D eigenvalue weighted by molar-refractivity contribution is 5.46. The lowest BCUT2D eigenvalue weighted by molar-refractivity contribution is 0.248. The standard InChI is InChI=1S/C16H24FN3O/c17-15-9-14(12-21)16(18-10-15)20-7-3-13(4-8-20)11-19-5-1-2-6-19/h9-10,13,21H,1-8,11-12H2. The second-order valence-electron chi connectivity index (χ2n) is 6.23. The smallest absolute Gasteiger partial charge is 0.142 e. The predicted molar refractivity (Wildman–Crippen MR) is 80.7 cm³/mol. The molecule has 4 nitrogen and oxygen atoms in total. The fraction of sp³-hybridized carbons (Fsp3) is 0.688. The Morgan fingerprint density at radius 1 is 1.19 bits per heavy atom. The van der Waals surface area contributed by atoms with Gasteiger partial charge < -0.3 is 14.9 Å². The van der Waals surface area contributed by atoms with Gasteiger partial charge in [-0.2, -0.15) is 0 Å². The van der Waals surface area contributed by atoms with Crippen molar-refractivity contribution in [2.24, 2.45) is 5.92 Å². The number of piperidine rings is 1. The summed E-state index contributed by atoms with van der Waals surface area (Å²) in [6, 6.07) is 1.39. The number of aromatic nitrogens is 1. The second-order valence-corrected chi connectivity index (χ2v) is 6.23. The van der Waals surface area contributed by atoms with Crippen LogP contribution in [0.2, 0.25) is 0 Å². The second kappa shape index (κ2) is 6.71. The summed E-state index contributed by atoms with van der Waals surface area (Å²) in [4.78, 5) is 8.95. The zero-order valence-electron chi connectivity index (χ0n) is 12.5. The molecule has 0 amide bonds. The van der Waals surface area contributed by atoms with Gasteiger partial charge in [-0.05, 0) is 50.8 Å². The highest BCUT2D eigenvalue weighted by Gasteiger charge is 2.24. The van der Waals surface area contributed by atoms with Crippen LogP contribution in [-0.4, -0.2) is 47.7 Å². The van der Waals surface area contributed by atoms with Crippen molar-refractivity contribution in [2.75, 3.05) is 37.6 Å². The highest BCUT2D eigenvalue weighted by atomic mass is 19.1. The van der Waals surface area contributed by atoms with E-state index in [1.807, 2.05) is 0 Å². The average molecular weight is 293 g/mol. The first-order valence-corrected chi connectivity index (χ1v) is 7.99. The van der Waals surface area contributed by atoms with Crippen molar-refractivity contribution in [3.05, 3.63) is 23.6 Å². The maximum atomic E-state index is 13.2. The third-order valence-electron chi connectivity index (χ3n) is 4.71. The van der Waals surface area contributed by atoms with Gasteiger partial charge in [-0.3, -0.25) is 0 Å². The van der Waals surface area contributed by atoms with Crippen LogP contribution in [0.5, 0.6) is 0 Å². The minimum atomic E-state index is -0.383. The SMILES string of the molecule is OCc1cc(F)cnc1N1CCC(CN2CCCC2)CC1. The van der Waals surface area contributed by atoms with Crippen LogP contribution in [-0.2, 0) is 6.61 Å². The van der Waals surface area contributed by atoms with Crippen molar-refractivity contribution in [1.82, 2.24) is 9.88 Å². The van der Waals surface area contributed by atoms with Gasteiger partial charge in [0.25, 0.3) is 0 Å². The van der Waals surface area contributed by atoms with Crippen molar-refractivity contribution in [3.63, 3.8) is 0 Å². The Balaban J connectivity index is 1.57. The Hall–Kier alpha value is -1.20. The molecule has 0 saturated carbocycles. The van der Waals surface area contributed by atoms with Crippen molar-refractivity contribution in [3.8, 4) is 0 Å². The monoisotopic (exact) mass is 293 g/mol. The van der Waals surface area contributed by atoms with Crippen molar-refractivity contribution in [2.45, 2.75) is 32.3 Å². The summed E-state index contributed by atoms with van der Waals surface area (Å²) in [6.45, 7) is 5.47. The summed E-state index contributed by atoms with van der Waals surface area (Å²) in [5, 5.41) is 9.38. The van der Waals surface area contributed by atoms with E-state index in [1.165, 1.54) is 44.7 Å². The minimum absolute atomic E-state index is 0.159. The molecular formula is C16H24FN3O. The predicted octanol–water partition coefficient (Wildman–Crippen LogP) is 2.03. The normalized spacial score (nSPS) is 21.1. The molecule has 0 bridgehead atoms. The van der Waals surface area contributed by atoms with E-state index in [-0.39, 0.29) is 12.4 Å². The number of hydrogen-bond donors (Lipinski definition) is 1. The van der Waals surface area contributed by atoms with Crippen LogP contribution in [0.3, 0.4) is 0 Å². The number of hydrogen-bond acceptors (Lipinski definition) is 4. The van der Waals surface area contributed by atoms with Gasteiger partial charge in [-0.1, -0.05) is 0 Å². The summed E-state index contributed by atoms with van der Waals surface area (Å²) >= 11 is 0. The molecule has 0 aromatic carbocycles. The minimum Gasteiger partial charge on any atom is -0.392 e. The number of likely N-dealkylation sites (tertiary alicyclic amines) is 1. The largest absolute Gasteiger partial charge is 0.392 e. The van der Waals surface area contributed by atoms with Crippen LogP contribution >= 0.6 is 0 Å². The Bertz CT molecular complexity index is 469. The lowest BCUT2D eigenvalue weighted by Crippen LogP contribution is -2.39. The molecule has 2 aliphatic rings. The molecule has 2 aliphatic heterocycles. The molecule has 0 atom stereocenters. The lowest BCUT2D eigenvalue weighted by Gasteiger charge is -2.35. The summed E-state index contributed by atoms with van der Waals surface area (Å²) in [6.07, 6.45) is 6.24. The topological polar surface area (TPSA) is 39.6 Å². The number of anilines is 1. The van der Waals surface area contributed by atoms with Crippen LogP contribution < -0.4 is 4.90 Å². The highest BCUT2D eigenvalue weighted by Crippen LogP contribution is 2.26. The molecular weight excluding hydrogens is 269 g/mol. The molecule has 2 fully saturated rings. The van der Waals surface area contributed by atoms with E-state index in [9.17, 15) is 9.50 Å². The van der Waals surface area contributed by atoms with Gasteiger partial charge >= 0.3 is 0 Å². The van der Waals surface area contributed by atoms with Crippen LogP contribution in [0, 0.1) is 11.7 Å².